The van der Waals surface area contributed by atoms with Gasteiger partial charge in [-0.25, -0.2) is 0 Å². The molecule has 0 bridgehead atoms. The molecule has 116 valence electrons. The number of likely N-dealkylation sites (tertiary alicyclic amines) is 1. The molecule has 2 aliphatic rings. The van der Waals surface area contributed by atoms with Gasteiger partial charge < -0.3 is 15.4 Å². The first-order valence-electron chi connectivity index (χ1n) is 8.10. The predicted molar refractivity (Wildman–Crippen MR) is 82.4 cm³/mol. The van der Waals surface area contributed by atoms with Gasteiger partial charge >= 0.3 is 0 Å². The first kappa shape index (κ1) is 14.6. The number of aromatic hydroxyl groups is 1. The zero-order valence-electron chi connectivity index (χ0n) is 12.5. The molecule has 0 aromatic carbocycles. The Morgan fingerprint density at radius 3 is 2.52 bits per heavy atom. The Balaban J connectivity index is 1.46. The van der Waals surface area contributed by atoms with Crippen LogP contribution in [0.4, 0.5) is 0 Å². The first-order valence-corrected chi connectivity index (χ1v) is 8.10. The second-order valence-corrected chi connectivity index (χ2v) is 6.41. The molecule has 5 nitrogen and oxygen atoms in total. The highest BCUT2D eigenvalue weighted by molar-refractivity contribution is 5.18. The summed E-state index contributed by atoms with van der Waals surface area (Å²) in [6.45, 7) is 2.88. The van der Waals surface area contributed by atoms with E-state index in [2.05, 4.69) is 15.2 Å². The van der Waals surface area contributed by atoms with E-state index in [9.17, 15) is 9.90 Å². The van der Waals surface area contributed by atoms with Crippen molar-refractivity contribution in [3.63, 3.8) is 0 Å². The van der Waals surface area contributed by atoms with E-state index in [1.165, 1.54) is 50.8 Å². The van der Waals surface area contributed by atoms with Gasteiger partial charge in [0.1, 0.15) is 0 Å². The van der Waals surface area contributed by atoms with E-state index in [1.54, 1.807) is 0 Å². The fraction of sp³-hybridized carbons (Fsp3) is 0.688. The molecule has 0 amide bonds. The molecule has 3 rings (SSSR count). The first-order chi connectivity index (χ1) is 10.2. The average Bonchev–Trinajstić information content (AvgIpc) is 2.98. The lowest BCUT2D eigenvalue weighted by Gasteiger charge is -2.33. The van der Waals surface area contributed by atoms with Crippen LogP contribution >= 0.6 is 0 Å². The number of pyridine rings is 1. The Morgan fingerprint density at radius 1 is 1.19 bits per heavy atom. The number of nitrogens with one attached hydrogen (secondary N) is 2. The van der Waals surface area contributed by atoms with Crippen LogP contribution in [0.2, 0.25) is 0 Å². The number of rotatable bonds is 4. The van der Waals surface area contributed by atoms with E-state index in [4.69, 9.17) is 0 Å². The van der Waals surface area contributed by atoms with Crippen LogP contribution in [0.3, 0.4) is 0 Å². The molecule has 1 aliphatic carbocycles. The molecular weight excluding hydrogens is 266 g/mol. The van der Waals surface area contributed by atoms with Crippen molar-refractivity contribution in [3.8, 4) is 5.75 Å². The summed E-state index contributed by atoms with van der Waals surface area (Å²) in [7, 11) is 0. The number of hydrogen-bond acceptors (Lipinski definition) is 4. The Kier molecular flexibility index (Phi) is 4.60. The van der Waals surface area contributed by atoms with Crippen molar-refractivity contribution >= 4 is 0 Å². The van der Waals surface area contributed by atoms with Gasteiger partial charge in [0.25, 0.3) is 0 Å². The van der Waals surface area contributed by atoms with Crippen LogP contribution in [0.1, 0.15) is 44.2 Å². The van der Waals surface area contributed by atoms with Crippen LogP contribution in [0.5, 0.6) is 5.75 Å². The third kappa shape index (κ3) is 3.86. The second-order valence-electron chi connectivity index (χ2n) is 6.41. The molecular formula is C16H25N3O2. The lowest BCUT2D eigenvalue weighted by atomic mass is 10.0. The number of aromatic nitrogens is 1. The molecule has 2 fully saturated rings. The number of hydrogen-bond donors (Lipinski definition) is 3. The maximum absolute atomic E-state index is 11.4. The van der Waals surface area contributed by atoms with E-state index < -0.39 is 0 Å². The van der Waals surface area contributed by atoms with Crippen molar-refractivity contribution in [2.24, 2.45) is 0 Å². The van der Waals surface area contributed by atoms with Gasteiger partial charge in [0, 0.05) is 49.7 Å². The minimum absolute atomic E-state index is 0.210. The van der Waals surface area contributed by atoms with Crippen LogP contribution in [-0.4, -0.2) is 40.2 Å². The zero-order chi connectivity index (χ0) is 14.7. The smallest absolute Gasteiger partial charge is 0.223 e. The summed E-state index contributed by atoms with van der Waals surface area (Å²) >= 11 is 0. The van der Waals surface area contributed by atoms with Crippen molar-refractivity contribution in [2.75, 3.05) is 13.1 Å². The molecule has 1 aromatic rings. The van der Waals surface area contributed by atoms with Crippen LogP contribution in [0, 0.1) is 0 Å². The minimum atomic E-state index is -0.304. The second kappa shape index (κ2) is 6.62. The summed E-state index contributed by atoms with van der Waals surface area (Å²) < 4.78 is 0. The van der Waals surface area contributed by atoms with Crippen molar-refractivity contribution in [3.05, 3.63) is 28.2 Å². The van der Waals surface area contributed by atoms with Crippen molar-refractivity contribution in [1.82, 2.24) is 15.2 Å². The molecule has 0 atom stereocenters. The Labute approximate surface area is 125 Å². The molecule has 5 heteroatoms. The zero-order valence-corrected chi connectivity index (χ0v) is 12.5. The van der Waals surface area contributed by atoms with Gasteiger partial charge in [-0.15, -0.1) is 0 Å². The van der Waals surface area contributed by atoms with Gasteiger partial charge in [-0.2, -0.15) is 0 Å². The molecule has 3 N–H and O–H groups in total. The summed E-state index contributed by atoms with van der Waals surface area (Å²) in [5, 5.41) is 13.1. The number of H-pyrrole nitrogens is 1. The third-order valence-electron chi connectivity index (χ3n) is 4.76. The largest absolute Gasteiger partial charge is 0.503 e. The summed E-state index contributed by atoms with van der Waals surface area (Å²) in [6, 6.07) is 2.90. The van der Waals surface area contributed by atoms with E-state index in [0.717, 1.165) is 31.4 Å². The Bertz CT molecular complexity index is 514. The molecule has 0 radical (unpaired) electrons. The molecule has 21 heavy (non-hydrogen) atoms. The standard InChI is InChI=1S/C16H25N3O2/c20-15-9-14(17-10-16(15)21)11-19-7-5-13(6-8-19)18-12-3-1-2-4-12/h9-10,12-13,18,21H,1-8,11H2,(H,17,20). The molecule has 1 aromatic heterocycles. The average molecular weight is 291 g/mol. The van der Waals surface area contributed by atoms with Gasteiger partial charge in [-0.05, 0) is 25.7 Å². The quantitative estimate of drug-likeness (QED) is 0.788. The van der Waals surface area contributed by atoms with Crippen molar-refractivity contribution in [2.45, 2.75) is 57.2 Å². The minimum Gasteiger partial charge on any atom is -0.503 e. The highest BCUT2D eigenvalue weighted by Gasteiger charge is 2.23. The third-order valence-corrected chi connectivity index (χ3v) is 4.76. The summed E-state index contributed by atoms with van der Waals surface area (Å²) in [5.41, 5.74) is 0.571. The summed E-state index contributed by atoms with van der Waals surface area (Å²) in [5.74, 6) is -0.210. The lowest BCUT2D eigenvalue weighted by molar-refractivity contribution is 0.182. The number of piperidine rings is 1. The maximum Gasteiger partial charge on any atom is 0.223 e. The molecule has 1 saturated heterocycles. The summed E-state index contributed by atoms with van der Waals surface area (Å²) in [6.07, 6.45) is 9.18. The lowest BCUT2D eigenvalue weighted by Crippen LogP contribution is -2.45. The van der Waals surface area contributed by atoms with Crippen LogP contribution in [-0.2, 0) is 6.54 Å². The molecule has 1 aliphatic heterocycles. The van der Waals surface area contributed by atoms with Crippen LogP contribution in [0.15, 0.2) is 17.1 Å². The number of aromatic amines is 1. The molecule has 0 unspecified atom stereocenters. The van der Waals surface area contributed by atoms with Gasteiger partial charge in [-0.3, -0.25) is 9.69 Å². The Hall–Kier alpha value is -1.33. The fourth-order valence-electron chi connectivity index (χ4n) is 3.52. The van der Waals surface area contributed by atoms with Gasteiger partial charge in [0.15, 0.2) is 5.75 Å². The van der Waals surface area contributed by atoms with Crippen molar-refractivity contribution in [1.29, 1.82) is 0 Å². The van der Waals surface area contributed by atoms with Crippen LogP contribution < -0.4 is 10.7 Å². The monoisotopic (exact) mass is 291 g/mol. The highest BCUT2D eigenvalue weighted by Crippen LogP contribution is 2.21. The highest BCUT2D eigenvalue weighted by atomic mass is 16.3. The maximum atomic E-state index is 11.4. The van der Waals surface area contributed by atoms with Crippen molar-refractivity contribution < 1.29 is 5.11 Å². The molecule has 1 saturated carbocycles. The molecule has 2 heterocycles. The Morgan fingerprint density at radius 2 is 1.86 bits per heavy atom. The van der Waals surface area contributed by atoms with E-state index >= 15 is 0 Å². The summed E-state index contributed by atoms with van der Waals surface area (Å²) in [4.78, 5) is 16.8. The molecule has 0 spiro atoms. The van der Waals surface area contributed by atoms with Gasteiger partial charge in [-0.1, -0.05) is 12.8 Å². The fourth-order valence-corrected chi connectivity index (χ4v) is 3.52. The van der Waals surface area contributed by atoms with Gasteiger partial charge in [0.05, 0.1) is 0 Å². The topological polar surface area (TPSA) is 68.4 Å². The number of nitrogens with zero attached hydrogens (tertiary/aromatic N) is 1. The normalized spacial score (nSPS) is 21.9. The van der Waals surface area contributed by atoms with Gasteiger partial charge in [0.2, 0.25) is 5.43 Å². The van der Waals surface area contributed by atoms with Crippen LogP contribution in [0.25, 0.3) is 0 Å². The predicted octanol–water partition coefficient (Wildman–Crippen LogP) is 1.58. The van der Waals surface area contributed by atoms with E-state index in [-0.39, 0.29) is 11.2 Å². The van der Waals surface area contributed by atoms with E-state index in [1.807, 2.05) is 0 Å². The SMILES string of the molecule is O=c1cc(CN2CCC(NC3CCCC3)CC2)[nH]cc1O. The van der Waals surface area contributed by atoms with E-state index in [0.29, 0.717) is 6.04 Å².